The Morgan fingerprint density at radius 3 is 2.41 bits per heavy atom. The summed E-state index contributed by atoms with van der Waals surface area (Å²) < 4.78 is 13.2. The quantitative estimate of drug-likeness (QED) is 0.542. The first-order chi connectivity index (χ1) is 12.7. The molecule has 8 atom stereocenters. The van der Waals surface area contributed by atoms with Crippen LogP contribution >= 0.6 is 0 Å². The van der Waals surface area contributed by atoms with Gasteiger partial charge in [0.1, 0.15) is 5.78 Å². The molecule has 0 unspecified atom stereocenters. The van der Waals surface area contributed by atoms with Gasteiger partial charge in [-0.3, -0.25) is 4.79 Å². The maximum atomic E-state index is 12.4. The summed E-state index contributed by atoms with van der Waals surface area (Å²) >= 11 is 0. The van der Waals surface area contributed by atoms with Crippen LogP contribution in [0.15, 0.2) is 11.6 Å². The third-order valence-corrected chi connectivity index (χ3v) is 9.55. The lowest BCUT2D eigenvalue weighted by Gasteiger charge is -2.62. The van der Waals surface area contributed by atoms with Crippen molar-refractivity contribution >= 4 is 5.78 Å². The van der Waals surface area contributed by atoms with E-state index in [1.165, 1.54) is 25.7 Å². The first-order valence-electron chi connectivity index (χ1n) is 11.2. The molecule has 1 aliphatic heterocycles. The normalized spacial score (nSPS) is 55.0. The van der Waals surface area contributed by atoms with E-state index in [0.29, 0.717) is 41.3 Å². The van der Waals surface area contributed by atoms with E-state index < -0.39 is 5.79 Å². The summed E-state index contributed by atoms with van der Waals surface area (Å²) in [6, 6.07) is 0. The molecular formula is C24H36O3. The summed E-state index contributed by atoms with van der Waals surface area (Å²) in [5, 5.41) is 0. The summed E-state index contributed by atoms with van der Waals surface area (Å²) in [7, 11) is 0. The van der Waals surface area contributed by atoms with Crippen LogP contribution in [0.4, 0.5) is 0 Å². The Bertz CT molecular complexity index is 694. The molecule has 0 bridgehead atoms. The average molecular weight is 373 g/mol. The molecule has 27 heavy (non-hydrogen) atoms. The molecule has 3 heteroatoms. The number of carbonyl (C=O) groups excluding carboxylic acids is 1. The maximum absolute atomic E-state index is 12.4. The number of rotatable bonds is 0. The largest absolute Gasteiger partial charge is 0.344 e. The Morgan fingerprint density at radius 2 is 1.67 bits per heavy atom. The molecule has 5 aliphatic rings. The van der Waals surface area contributed by atoms with E-state index in [1.54, 1.807) is 5.57 Å². The summed E-state index contributed by atoms with van der Waals surface area (Å²) in [5.74, 6) is 2.18. The Morgan fingerprint density at radius 1 is 0.926 bits per heavy atom. The fourth-order valence-electron chi connectivity index (χ4n) is 8.30. The summed E-state index contributed by atoms with van der Waals surface area (Å²) in [6.07, 6.45) is 10.3. The van der Waals surface area contributed by atoms with Crippen LogP contribution in [0.3, 0.4) is 0 Å². The summed E-state index contributed by atoms with van der Waals surface area (Å²) in [5.41, 5.74) is 2.24. The molecule has 0 radical (unpaired) electrons. The minimum absolute atomic E-state index is 0.0903. The highest BCUT2D eigenvalue weighted by molar-refractivity contribution is 5.79. The van der Waals surface area contributed by atoms with Gasteiger partial charge in [0.05, 0.1) is 12.2 Å². The molecule has 1 saturated heterocycles. The fourth-order valence-corrected chi connectivity index (χ4v) is 8.30. The summed E-state index contributed by atoms with van der Waals surface area (Å²) in [6.45, 7) is 11.4. The van der Waals surface area contributed by atoms with Gasteiger partial charge < -0.3 is 9.47 Å². The smallest absolute Gasteiger partial charge is 0.163 e. The van der Waals surface area contributed by atoms with E-state index in [4.69, 9.17) is 9.47 Å². The second kappa shape index (κ2) is 5.69. The fraction of sp³-hybridized carbons (Fsp3) is 0.875. The maximum Gasteiger partial charge on any atom is 0.163 e. The minimum atomic E-state index is -0.526. The van der Waals surface area contributed by atoms with Gasteiger partial charge in [-0.25, -0.2) is 0 Å². The molecule has 0 aromatic heterocycles. The van der Waals surface area contributed by atoms with Crippen molar-refractivity contribution in [2.45, 2.75) is 97.6 Å². The zero-order chi connectivity index (χ0) is 19.2. The molecule has 0 N–H and O–H groups in total. The Balaban J connectivity index is 1.60. The topological polar surface area (TPSA) is 35.5 Å². The van der Waals surface area contributed by atoms with Crippen molar-refractivity contribution < 1.29 is 14.3 Å². The van der Waals surface area contributed by atoms with Crippen LogP contribution < -0.4 is 0 Å². The lowest BCUT2D eigenvalue weighted by Crippen LogP contribution is -2.62. The predicted octanol–water partition coefficient (Wildman–Crippen LogP) is 5.28. The van der Waals surface area contributed by atoms with Crippen LogP contribution in [-0.2, 0) is 14.3 Å². The number of ketones is 1. The number of ether oxygens (including phenoxy) is 2. The molecule has 0 amide bonds. The Hall–Kier alpha value is -0.670. The van der Waals surface area contributed by atoms with Gasteiger partial charge >= 0.3 is 0 Å². The Kier molecular flexibility index (Phi) is 3.87. The zero-order valence-electron chi connectivity index (χ0n) is 17.7. The number of allylic oxidation sites excluding steroid dienone is 2. The van der Waals surface area contributed by atoms with Crippen LogP contribution in [0, 0.1) is 34.5 Å². The summed E-state index contributed by atoms with van der Waals surface area (Å²) in [4.78, 5) is 12.4. The highest BCUT2D eigenvalue weighted by Crippen LogP contribution is 2.69. The number of Topliss-reactive ketones (excluding diaryl/α,β-unsaturated/α-hetero) is 1. The molecule has 5 fully saturated rings. The van der Waals surface area contributed by atoms with Gasteiger partial charge in [0.25, 0.3) is 0 Å². The van der Waals surface area contributed by atoms with E-state index in [1.807, 2.05) is 0 Å². The number of fused-ring (bicyclic) bond motifs is 8. The van der Waals surface area contributed by atoms with Crippen molar-refractivity contribution in [3.05, 3.63) is 11.6 Å². The monoisotopic (exact) mass is 372 g/mol. The van der Waals surface area contributed by atoms with E-state index in [2.05, 4.69) is 40.7 Å². The minimum Gasteiger partial charge on any atom is -0.344 e. The van der Waals surface area contributed by atoms with E-state index >= 15 is 0 Å². The molecule has 0 aromatic rings. The number of hydrogen-bond donors (Lipinski definition) is 0. The molecule has 5 rings (SSSR count). The lowest BCUT2D eigenvalue weighted by atomic mass is 9.43. The van der Waals surface area contributed by atoms with Crippen molar-refractivity contribution in [1.29, 1.82) is 0 Å². The van der Waals surface area contributed by atoms with Crippen LogP contribution in [-0.4, -0.2) is 23.8 Å². The molecule has 0 spiro atoms. The molecule has 1 heterocycles. The number of carbonyl (C=O) groups is 1. The van der Waals surface area contributed by atoms with Crippen molar-refractivity contribution in [3.8, 4) is 0 Å². The van der Waals surface area contributed by atoms with E-state index in [9.17, 15) is 4.79 Å². The highest BCUT2D eigenvalue weighted by Gasteiger charge is 2.67. The van der Waals surface area contributed by atoms with Gasteiger partial charge in [-0.2, -0.15) is 0 Å². The lowest BCUT2D eigenvalue weighted by molar-refractivity contribution is -0.175. The van der Waals surface area contributed by atoms with Crippen molar-refractivity contribution in [2.75, 3.05) is 0 Å². The van der Waals surface area contributed by atoms with Gasteiger partial charge in [0, 0.05) is 18.8 Å². The molecule has 4 aliphatic carbocycles. The standard InChI is InChI=1S/C24H36O3/c1-6-14-7-8-16-19-17(10-12-23(14,16)4)24(5)11-9-15(25)13-18(24)20-21(19)27-22(2,3)26-20/h6,16-21H,7-13H2,1-5H3/b14-6+/t16-,17-,18+,19-,20+,21+,23+,24+/m0/s1. The van der Waals surface area contributed by atoms with Crippen molar-refractivity contribution in [3.63, 3.8) is 0 Å². The van der Waals surface area contributed by atoms with Gasteiger partial charge in [0.15, 0.2) is 5.79 Å². The van der Waals surface area contributed by atoms with E-state index in [-0.39, 0.29) is 17.6 Å². The Labute approximate surface area is 164 Å². The van der Waals surface area contributed by atoms with Gasteiger partial charge in [-0.05, 0) is 81.5 Å². The molecule has 3 nitrogen and oxygen atoms in total. The highest BCUT2D eigenvalue weighted by atomic mass is 16.8. The van der Waals surface area contributed by atoms with Gasteiger partial charge in [-0.1, -0.05) is 25.5 Å². The molecule has 0 aromatic carbocycles. The molecule has 150 valence electrons. The third kappa shape index (κ3) is 2.37. The van der Waals surface area contributed by atoms with Crippen LogP contribution in [0.5, 0.6) is 0 Å². The number of hydrogen-bond acceptors (Lipinski definition) is 3. The van der Waals surface area contributed by atoms with E-state index in [0.717, 1.165) is 12.8 Å². The van der Waals surface area contributed by atoms with Crippen LogP contribution in [0.2, 0.25) is 0 Å². The second-order valence-corrected chi connectivity index (χ2v) is 11.0. The zero-order valence-corrected chi connectivity index (χ0v) is 17.7. The van der Waals surface area contributed by atoms with Crippen LogP contribution in [0.1, 0.15) is 79.6 Å². The average Bonchev–Trinajstić information content (AvgIpc) is 3.11. The molecular weight excluding hydrogens is 336 g/mol. The van der Waals surface area contributed by atoms with Gasteiger partial charge in [-0.15, -0.1) is 0 Å². The first-order valence-corrected chi connectivity index (χ1v) is 11.2. The molecule has 4 saturated carbocycles. The van der Waals surface area contributed by atoms with Crippen molar-refractivity contribution in [2.24, 2.45) is 34.5 Å². The predicted molar refractivity (Wildman–Crippen MR) is 105 cm³/mol. The van der Waals surface area contributed by atoms with Crippen molar-refractivity contribution in [1.82, 2.24) is 0 Å². The SMILES string of the molecule is C/C=C1\CC[C@H]2[C@@H]3[C@H]4OC(C)(C)O[C@@H]4[C@H]4CC(=O)CC[C@]4(C)[C@H]3CC[C@]12C. The first kappa shape index (κ1) is 18.4. The van der Waals surface area contributed by atoms with Gasteiger partial charge in [0.2, 0.25) is 0 Å². The van der Waals surface area contributed by atoms with Crippen LogP contribution in [0.25, 0.3) is 0 Å². The third-order valence-electron chi connectivity index (χ3n) is 9.55. The second-order valence-electron chi connectivity index (χ2n) is 11.0.